The number of hydrogen-bond acceptors (Lipinski definition) is 4. The molecule has 2 aliphatic heterocycles. The van der Waals surface area contributed by atoms with Gasteiger partial charge < -0.3 is 14.5 Å². The maximum absolute atomic E-state index is 12.2. The van der Waals surface area contributed by atoms with E-state index < -0.39 is 5.60 Å². The molecule has 3 rings (SSSR count). The first-order chi connectivity index (χ1) is 10.4. The largest absolute Gasteiger partial charge is 0.444 e. The van der Waals surface area contributed by atoms with Crippen molar-refractivity contribution in [3.8, 4) is 0 Å². The lowest BCUT2D eigenvalue weighted by Crippen LogP contribution is -2.36. The number of likely N-dealkylation sites (tertiary alicyclic amines) is 1. The van der Waals surface area contributed by atoms with Gasteiger partial charge in [-0.3, -0.25) is 0 Å². The van der Waals surface area contributed by atoms with Gasteiger partial charge in [0.2, 0.25) is 0 Å². The lowest BCUT2D eigenvalue weighted by atomic mass is 9.95. The van der Waals surface area contributed by atoms with Gasteiger partial charge in [-0.15, -0.1) is 0 Å². The number of carbonyl (C=O) groups is 1. The third-order valence-electron chi connectivity index (χ3n) is 3.88. The van der Waals surface area contributed by atoms with Crippen LogP contribution in [-0.4, -0.2) is 41.5 Å². The van der Waals surface area contributed by atoms with Crippen LogP contribution in [0.4, 0.5) is 4.79 Å². The summed E-state index contributed by atoms with van der Waals surface area (Å²) in [5.74, 6) is 0.174. The van der Waals surface area contributed by atoms with E-state index in [1.165, 1.54) is 5.56 Å². The monoisotopic (exact) mass is 302 g/mol. The standard InChI is InChI=1S/C17H22N2O3/c1-17(2,3)21-16(20)19-10-13-14(18-22-15(13)11-19)9-12-7-5-4-6-8-12/h4-8,13,15H,9-11H2,1-3H3. The third-order valence-corrected chi connectivity index (χ3v) is 3.88. The van der Waals surface area contributed by atoms with Gasteiger partial charge in [-0.05, 0) is 26.3 Å². The molecule has 0 spiro atoms. The quantitative estimate of drug-likeness (QED) is 0.844. The van der Waals surface area contributed by atoms with E-state index in [-0.39, 0.29) is 18.1 Å². The zero-order chi connectivity index (χ0) is 15.7. The van der Waals surface area contributed by atoms with Crippen molar-refractivity contribution in [3.05, 3.63) is 35.9 Å². The topological polar surface area (TPSA) is 51.1 Å². The third kappa shape index (κ3) is 3.24. The highest BCUT2D eigenvalue weighted by Gasteiger charge is 2.44. The van der Waals surface area contributed by atoms with Crippen molar-refractivity contribution < 1.29 is 14.4 Å². The van der Waals surface area contributed by atoms with E-state index in [2.05, 4.69) is 17.3 Å². The summed E-state index contributed by atoms with van der Waals surface area (Å²) in [6, 6.07) is 10.2. The fourth-order valence-electron chi connectivity index (χ4n) is 2.85. The van der Waals surface area contributed by atoms with E-state index in [0.29, 0.717) is 13.1 Å². The lowest BCUT2D eigenvalue weighted by Gasteiger charge is -2.24. The fourth-order valence-corrected chi connectivity index (χ4v) is 2.85. The Bertz CT molecular complexity index is 577. The molecule has 5 nitrogen and oxygen atoms in total. The van der Waals surface area contributed by atoms with Crippen LogP contribution in [-0.2, 0) is 16.0 Å². The van der Waals surface area contributed by atoms with Crippen LogP contribution < -0.4 is 0 Å². The van der Waals surface area contributed by atoms with Crippen LogP contribution in [0.1, 0.15) is 26.3 Å². The Morgan fingerprint density at radius 3 is 2.73 bits per heavy atom. The lowest BCUT2D eigenvalue weighted by molar-refractivity contribution is 0.0228. The highest BCUT2D eigenvalue weighted by molar-refractivity contribution is 5.91. The molecule has 1 saturated heterocycles. The van der Waals surface area contributed by atoms with Crippen LogP contribution in [0.3, 0.4) is 0 Å². The molecule has 1 amide bonds. The zero-order valence-electron chi connectivity index (χ0n) is 13.3. The number of ether oxygens (including phenoxy) is 1. The number of nitrogens with zero attached hydrogens (tertiary/aromatic N) is 2. The first-order valence-corrected chi connectivity index (χ1v) is 7.67. The molecule has 2 unspecified atom stereocenters. The first kappa shape index (κ1) is 14.9. The smallest absolute Gasteiger partial charge is 0.410 e. The van der Waals surface area contributed by atoms with E-state index >= 15 is 0 Å². The number of rotatable bonds is 2. The van der Waals surface area contributed by atoms with E-state index in [4.69, 9.17) is 9.57 Å². The number of oxime groups is 1. The molecular weight excluding hydrogens is 280 g/mol. The number of carbonyl (C=O) groups excluding carboxylic acids is 1. The van der Waals surface area contributed by atoms with Gasteiger partial charge in [0.05, 0.1) is 18.2 Å². The Labute approximate surface area is 130 Å². The van der Waals surface area contributed by atoms with E-state index in [1.54, 1.807) is 4.90 Å². The molecule has 2 heterocycles. The molecule has 1 aromatic carbocycles. The summed E-state index contributed by atoms with van der Waals surface area (Å²) >= 11 is 0. The molecule has 5 heteroatoms. The van der Waals surface area contributed by atoms with Crippen LogP contribution in [0, 0.1) is 5.92 Å². The predicted molar refractivity (Wildman–Crippen MR) is 83.8 cm³/mol. The predicted octanol–water partition coefficient (Wildman–Crippen LogP) is 2.85. The van der Waals surface area contributed by atoms with Crippen molar-refractivity contribution >= 4 is 11.8 Å². The summed E-state index contributed by atoms with van der Waals surface area (Å²) in [7, 11) is 0. The molecule has 0 aromatic heterocycles. The number of fused-ring (bicyclic) bond motifs is 1. The van der Waals surface area contributed by atoms with Crippen molar-refractivity contribution in [3.63, 3.8) is 0 Å². The molecular formula is C17H22N2O3. The summed E-state index contributed by atoms with van der Waals surface area (Å²) in [6.45, 7) is 6.79. The van der Waals surface area contributed by atoms with Crippen molar-refractivity contribution in [1.29, 1.82) is 0 Å². The second-order valence-corrected chi connectivity index (χ2v) is 6.88. The Balaban J connectivity index is 1.62. The normalized spacial score (nSPS) is 23.8. The minimum Gasteiger partial charge on any atom is -0.444 e. The molecule has 22 heavy (non-hydrogen) atoms. The average molecular weight is 302 g/mol. The maximum atomic E-state index is 12.2. The second-order valence-electron chi connectivity index (χ2n) is 6.88. The number of benzene rings is 1. The number of amides is 1. The Kier molecular flexibility index (Phi) is 3.81. The van der Waals surface area contributed by atoms with Crippen LogP contribution in [0.25, 0.3) is 0 Å². The summed E-state index contributed by atoms with van der Waals surface area (Å²) in [6.07, 6.45) is 0.459. The van der Waals surface area contributed by atoms with Crippen LogP contribution in [0.2, 0.25) is 0 Å². The minimum absolute atomic E-state index is 0.0359. The van der Waals surface area contributed by atoms with Crippen molar-refractivity contribution in [1.82, 2.24) is 4.90 Å². The van der Waals surface area contributed by atoms with Gasteiger partial charge in [-0.2, -0.15) is 0 Å². The highest BCUT2D eigenvalue weighted by atomic mass is 16.6. The van der Waals surface area contributed by atoms with E-state index in [1.807, 2.05) is 39.0 Å². The summed E-state index contributed by atoms with van der Waals surface area (Å²) in [5, 5.41) is 4.22. The first-order valence-electron chi connectivity index (χ1n) is 7.67. The molecule has 118 valence electrons. The highest BCUT2D eigenvalue weighted by Crippen LogP contribution is 2.29. The molecule has 0 radical (unpaired) electrons. The molecule has 1 fully saturated rings. The van der Waals surface area contributed by atoms with Crippen molar-refractivity contribution in [2.75, 3.05) is 13.1 Å². The fraction of sp³-hybridized carbons (Fsp3) is 0.529. The van der Waals surface area contributed by atoms with E-state index in [0.717, 1.165) is 12.1 Å². The Morgan fingerprint density at radius 2 is 2.05 bits per heavy atom. The second kappa shape index (κ2) is 5.63. The van der Waals surface area contributed by atoms with Gasteiger partial charge >= 0.3 is 6.09 Å². The van der Waals surface area contributed by atoms with Crippen LogP contribution >= 0.6 is 0 Å². The van der Waals surface area contributed by atoms with Crippen molar-refractivity contribution in [2.45, 2.75) is 38.9 Å². The summed E-state index contributed by atoms with van der Waals surface area (Å²) in [5.41, 5.74) is 1.75. The molecule has 2 atom stereocenters. The average Bonchev–Trinajstić information content (AvgIpc) is 3.00. The van der Waals surface area contributed by atoms with Gasteiger partial charge in [-0.25, -0.2) is 4.79 Å². The van der Waals surface area contributed by atoms with Gasteiger partial charge in [-0.1, -0.05) is 35.5 Å². The SMILES string of the molecule is CC(C)(C)OC(=O)N1CC2ON=C(Cc3ccccc3)C2C1. The molecule has 0 aliphatic carbocycles. The molecule has 0 saturated carbocycles. The van der Waals surface area contributed by atoms with Gasteiger partial charge in [0, 0.05) is 13.0 Å². The van der Waals surface area contributed by atoms with Gasteiger partial charge in [0.15, 0.2) is 6.10 Å². The molecule has 2 aliphatic rings. The minimum atomic E-state index is -0.476. The van der Waals surface area contributed by atoms with Crippen LogP contribution in [0.15, 0.2) is 35.5 Å². The summed E-state index contributed by atoms with van der Waals surface area (Å²) in [4.78, 5) is 19.4. The zero-order valence-corrected chi connectivity index (χ0v) is 13.3. The van der Waals surface area contributed by atoms with Crippen LogP contribution in [0.5, 0.6) is 0 Å². The summed E-state index contributed by atoms with van der Waals surface area (Å²) < 4.78 is 5.43. The molecule has 0 N–H and O–H groups in total. The molecule has 1 aromatic rings. The maximum Gasteiger partial charge on any atom is 0.410 e. The van der Waals surface area contributed by atoms with Gasteiger partial charge in [0.1, 0.15) is 5.60 Å². The van der Waals surface area contributed by atoms with E-state index in [9.17, 15) is 4.79 Å². The van der Waals surface area contributed by atoms with Crippen molar-refractivity contribution in [2.24, 2.45) is 11.1 Å². The van der Waals surface area contributed by atoms with Gasteiger partial charge in [0.25, 0.3) is 0 Å². The molecule has 0 bridgehead atoms. The Morgan fingerprint density at radius 1 is 1.32 bits per heavy atom. The number of hydrogen-bond donors (Lipinski definition) is 0. The Hall–Kier alpha value is -2.04.